The van der Waals surface area contributed by atoms with Gasteiger partial charge in [0.15, 0.2) is 0 Å². The van der Waals surface area contributed by atoms with Crippen LogP contribution in [0.3, 0.4) is 0 Å². The van der Waals surface area contributed by atoms with E-state index < -0.39 is 5.97 Å². The highest BCUT2D eigenvalue weighted by atomic mass is 79.9. The molecule has 2 rings (SSSR count). The molecule has 0 bridgehead atoms. The van der Waals surface area contributed by atoms with Crippen molar-refractivity contribution in [1.29, 1.82) is 0 Å². The van der Waals surface area contributed by atoms with Crippen molar-refractivity contribution in [2.75, 3.05) is 11.9 Å². The van der Waals surface area contributed by atoms with E-state index in [1.165, 1.54) is 4.88 Å². The SMILES string of the molecule is CC(C)(CNc1cc(Br)cc(C(=O)O)c1)c1cccs1. The van der Waals surface area contributed by atoms with Crippen LogP contribution in [0.2, 0.25) is 0 Å². The second-order valence-electron chi connectivity index (χ2n) is 5.25. The lowest BCUT2D eigenvalue weighted by Gasteiger charge is -2.24. The van der Waals surface area contributed by atoms with Crippen LogP contribution in [-0.2, 0) is 5.41 Å². The minimum atomic E-state index is -0.924. The molecule has 0 atom stereocenters. The first-order chi connectivity index (χ1) is 9.38. The number of benzene rings is 1. The van der Waals surface area contributed by atoms with Crippen LogP contribution in [0.15, 0.2) is 40.2 Å². The van der Waals surface area contributed by atoms with Gasteiger partial charge in [-0.3, -0.25) is 0 Å². The van der Waals surface area contributed by atoms with Gasteiger partial charge in [-0.2, -0.15) is 0 Å². The Labute approximate surface area is 130 Å². The summed E-state index contributed by atoms with van der Waals surface area (Å²) in [4.78, 5) is 12.4. The topological polar surface area (TPSA) is 49.3 Å². The molecule has 1 aromatic heterocycles. The van der Waals surface area contributed by atoms with Crippen LogP contribution in [0.1, 0.15) is 29.1 Å². The normalized spacial score (nSPS) is 11.3. The lowest BCUT2D eigenvalue weighted by molar-refractivity contribution is 0.0697. The number of hydrogen-bond acceptors (Lipinski definition) is 3. The van der Waals surface area contributed by atoms with Gasteiger partial charge in [-0.25, -0.2) is 4.79 Å². The van der Waals surface area contributed by atoms with Gasteiger partial charge in [0.25, 0.3) is 0 Å². The zero-order chi connectivity index (χ0) is 14.8. The number of nitrogens with one attached hydrogen (secondary N) is 1. The van der Waals surface area contributed by atoms with Crippen molar-refractivity contribution in [3.8, 4) is 0 Å². The summed E-state index contributed by atoms with van der Waals surface area (Å²) in [7, 11) is 0. The summed E-state index contributed by atoms with van der Waals surface area (Å²) in [6, 6.07) is 9.30. The number of anilines is 1. The lowest BCUT2D eigenvalue weighted by atomic mass is 9.91. The maximum absolute atomic E-state index is 11.0. The minimum Gasteiger partial charge on any atom is -0.478 e. The van der Waals surface area contributed by atoms with Crippen LogP contribution < -0.4 is 5.32 Å². The first-order valence-corrected chi connectivity index (χ1v) is 7.87. The van der Waals surface area contributed by atoms with E-state index in [1.807, 2.05) is 12.1 Å². The number of carboxylic acid groups (broad SMARTS) is 1. The maximum Gasteiger partial charge on any atom is 0.335 e. The fraction of sp³-hybridized carbons (Fsp3) is 0.267. The molecule has 0 saturated carbocycles. The second-order valence-corrected chi connectivity index (χ2v) is 7.11. The number of aromatic carboxylic acids is 1. The zero-order valence-electron chi connectivity index (χ0n) is 11.3. The molecule has 2 aromatic rings. The first kappa shape index (κ1) is 15.1. The Morgan fingerprint density at radius 3 is 2.75 bits per heavy atom. The molecule has 20 heavy (non-hydrogen) atoms. The Bertz CT molecular complexity index is 608. The van der Waals surface area contributed by atoms with Gasteiger partial charge in [-0.05, 0) is 29.6 Å². The van der Waals surface area contributed by atoms with Gasteiger partial charge in [-0.1, -0.05) is 35.8 Å². The molecule has 0 spiro atoms. The molecule has 0 aliphatic carbocycles. The number of thiophene rings is 1. The Morgan fingerprint density at radius 2 is 2.15 bits per heavy atom. The van der Waals surface area contributed by atoms with Crippen molar-refractivity contribution in [1.82, 2.24) is 0 Å². The van der Waals surface area contributed by atoms with Crippen LogP contribution in [0.4, 0.5) is 5.69 Å². The molecule has 0 unspecified atom stereocenters. The predicted octanol–water partition coefficient (Wildman–Crippen LogP) is 4.60. The molecule has 106 valence electrons. The van der Waals surface area contributed by atoms with Crippen molar-refractivity contribution < 1.29 is 9.90 Å². The Kier molecular flexibility index (Phi) is 4.50. The van der Waals surface area contributed by atoms with Crippen LogP contribution >= 0.6 is 27.3 Å². The Morgan fingerprint density at radius 1 is 1.40 bits per heavy atom. The summed E-state index contributed by atoms with van der Waals surface area (Å²) in [5.74, 6) is -0.924. The molecule has 2 N–H and O–H groups in total. The van der Waals surface area contributed by atoms with E-state index in [0.717, 1.165) is 16.7 Å². The average Bonchev–Trinajstić information content (AvgIpc) is 2.90. The number of carbonyl (C=O) groups is 1. The molecule has 5 heteroatoms. The third-order valence-corrected chi connectivity index (χ3v) is 4.76. The molecule has 0 aliphatic heterocycles. The largest absolute Gasteiger partial charge is 0.478 e. The quantitative estimate of drug-likeness (QED) is 0.825. The molecule has 0 saturated heterocycles. The van der Waals surface area contributed by atoms with Crippen molar-refractivity contribution in [3.63, 3.8) is 0 Å². The highest BCUT2D eigenvalue weighted by molar-refractivity contribution is 9.10. The molecule has 0 radical (unpaired) electrons. The third kappa shape index (κ3) is 3.61. The van der Waals surface area contributed by atoms with E-state index in [2.05, 4.69) is 46.5 Å². The average molecular weight is 354 g/mol. The molecule has 3 nitrogen and oxygen atoms in total. The van der Waals surface area contributed by atoms with Gasteiger partial charge in [0.05, 0.1) is 5.56 Å². The highest BCUT2D eigenvalue weighted by Crippen LogP contribution is 2.28. The fourth-order valence-electron chi connectivity index (χ4n) is 1.89. The summed E-state index contributed by atoms with van der Waals surface area (Å²) in [6.07, 6.45) is 0. The van der Waals surface area contributed by atoms with Crippen LogP contribution in [0.5, 0.6) is 0 Å². The molecular formula is C15H16BrNO2S. The van der Waals surface area contributed by atoms with E-state index in [1.54, 1.807) is 23.5 Å². The van der Waals surface area contributed by atoms with Crippen molar-refractivity contribution in [2.24, 2.45) is 0 Å². The van der Waals surface area contributed by atoms with E-state index >= 15 is 0 Å². The standard InChI is InChI=1S/C15H16BrNO2S/c1-15(2,13-4-3-5-20-13)9-17-12-7-10(14(18)19)6-11(16)8-12/h3-8,17H,9H2,1-2H3,(H,18,19). The predicted molar refractivity (Wildman–Crippen MR) is 86.9 cm³/mol. The lowest BCUT2D eigenvalue weighted by Crippen LogP contribution is -2.26. The van der Waals surface area contributed by atoms with Gasteiger partial charge < -0.3 is 10.4 Å². The Balaban J connectivity index is 2.13. The monoisotopic (exact) mass is 353 g/mol. The summed E-state index contributed by atoms with van der Waals surface area (Å²) >= 11 is 5.07. The summed E-state index contributed by atoms with van der Waals surface area (Å²) < 4.78 is 0.758. The van der Waals surface area contributed by atoms with E-state index in [9.17, 15) is 4.79 Å². The van der Waals surface area contributed by atoms with E-state index in [-0.39, 0.29) is 11.0 Å². The van der Waals surface area contributed by atoms with Gasteiger partial charge >= 0.3 is 5.97 Å². The van der Waals surface area contributed by atoms with Gasteiger partial charge in [0.2, 0.25) is 0 Å². The molecule has 0 fully saturated rings. The summed E-state index contributed by atoms with van der Waals surface area (Å²) in [5.41, 5.74) is 1.08. The van der Waals surface area contributed by atoms with E-state index in [4.69, 9.17) is 5.11 Å². The zero-order valence-corrected chi connectivity index (χ0v) is 13.7. The number of carboxylic acids is 1. The van der Waals surface area contributed by atoms with Crippen molar-refractivity contribution in [2.45, 2.75) is 19.3 Å². The van der Waals surface area contributed by atoms with E-state index in [0.29, 0.717) is 0 Å². The van der Waals surface area contributed by atoms with Gasteiger partial charge in [-0.15, -0.1) is 11.3 Å². The van der Waals surface area contributed by atoms with Crippen molar-refractivity contribution in [3.05, 3.63) is 50.6 Å². The van der Waals surface area contributed by atoms with Crippen LogP contribution in [0, 0.1) is 0 Å². The second kappa shape index (κ2) is 5.97. The minimum absolute atomic E-state index is 0.000128. The number of rotatable bonds is 5. The number of hydrogen-bond donors (Lipinski definition) is 2. The molecule has 0 aliphatic rings. The summed E-state index contributed by atoms with van der Waals surface area (Å²) in [6.45, 7) is 5.08. The maximum atomic E-state index is 11.0. The first-order valence-electron chi connectivity index (χ1n) is 6.20. The molecule has 1 heterocycles. The molecule has 1 aromatic carbocycles. The number of halogens is 1. The molecule has 0 amide bonds. The summed E-state index contributed by atoms with van der Waals surface area (Å²) in [5, 5.41) is 14.5. The van der Waals surface area contributed by atoms with Crippen molar-refractivity contribution >= 4 is 38.9 Å². The van der Waals surface area contributed by atoms with Gasteiger partial charge in [0.1, 0.15) is 0 Å². The van der Waals surface area contributed by atoms with Gasteiger partial charge in [0, 0.05) is 27.0 Å². The fourth-order valence-corrected chi connectivity index (χ4v) is 3.23. The smallest absolute Gasteiger partial charge is 0.335 e. The molecular weight excluding hydrogens is 338 g/mol. The third-order valence-electron chi connectivity index (χ3n) is 3.07. The van der Waals surface area contributed by atoms with Crippen LogP contribution in [0.25, 0.3) is 0 Å². The van der Waals surface area contributed by atoms with Crippen LogP contribution in [-0.4, -0.2) is 17.6 Å². The Hall–Kier alpha value is -1.33. The highest BCUT2D eigenvalue weighted by Gasteiger charge is 2.21.